The van der Waals surface area contributed by atoms with Gasteiger partial charge in [0, 0.05) is 38.6 Å². The van der Waals surface area contributed by atoms with Crippen LogP contribution in [0.25, 0.3) is 0 Å². The lowest BCUT2D eigenvalue weighted by molar-refractivity contribution is -0.136. The molecule has 0 aromatic rings. The minimum atomic E-state index is 0.163. The first-order valence-corrected chi connectivity index (χ1v) is 6.49. The van der Waals surface area contributed by atoms with Gasteiger partial charge < -0.3 is 15.1 Å². The average Bonchev–Trinajstić information content (AvgIpc) is 2.82. The van der Waals surface area contributed by atoms with E-state index in [1.165, 1.54) is 25.9 Å². The largest absolute Gasteiger partial charge is 0.340 e. The maximum Gasteiger partial charge on any atom is 0.226 e. The van der Waals surface area contributed by atoms with Crippen LogP contribution in [0.3, 0.4) is 0 Å². The van der Waals surface area contributed by atoms with Gasteiger partial charge in [-0.15, -0.1) is 0 Å². The summed E-state index contributed by atoms with van der Waals surface area (Å²) < 4.78 is 0. The van der Waals surface area contributed by atoms with Crippen molar-refractivity contribution in [2.75, 3.05) is 45.8 Å². The van der Waals surface area contributed by atoms with E-state index >= 15 is 0 Å². The molecule has 2 aliphatic heterocycles. The predicted octanol–water partition coefficient (Wildman–Crippen LogP) is 0.150. The van der Waals surface area contributed by atoms with Crippen LogP contribution in [0.1, 0.15) is 19.8 Å². The fourth-order valence-corrected chi connectivity index (χ4v) is 2.63. The summed E-state index contributed by atoms with van der Waals surface area (Å²) in [6.07, 6.45) is 2.60. The molecule has 0 radical (unpaired) electrons. The van der Waals surface area contributed by atoms with E-state index in [2.05, 4.69) is 17.1 Å². The highest BCUT2D eigenvalue weighted by molar-refractivity contribution is 5.78. The molecule has 0 saturated carbocycles. The average molecular weight is 225 g/mol. The van der Waals surface area contributed by atoms with E-state index in [1.54, 1.807) is 0 Å². The standard InChI is InChI=1S/C12H23N3O/c1-11(10-14-6-2-3-7-14)12(16)15-8-4-13-5-9-15/h11,13H,2-10H2,1H3. The van der Waals surface area contributed by atoms with Crippen LogP contribution < -0.4 is 5.32 Å². The maximum atomic E-state index is 12.2. The Balaban J connectivity index is 1.78. The minimum absolute atomic E-state index is 0.163. The van der Waals surface area contributed by atoms with Gasteiger partial charge in [0.1, 0.15) is 0 Å². The SMILES string of the molecule is CC(CN1CCCC1)C(=O)N1CCNCC1. The zero-order valence-electron chi connectivity index (χ0n) is 10.2. The first-order valence-electron chi connectivity index (χ1n) is 6.49. The van der Waals surface area contributed by atoms with Gasteiger partial charge in [0.15, 0.2) is 0 Å². The molecule has 16 heavy (non-hydrogen) atoms. The van der Waals surface area contributed by atoms with Crippen molar-refractivity contribution in [3.8, 4) is 0 Å². The molecule has 1 unspecified atom stereocenters. The Hall–Kier alpha value is -0.610. The smallest absolute Gasteiger partial charge is 0.226 e. The summed E-state index contributed by atoms with van der Waals surface area (Å²) in [6.45, 7) is 9.03. The molecule has 0 aromatic heterocycles. The molecular formula is C12H23N3O. The number of piperazine rings is 1. The van der Waals surface area contributed by atoms with E-state index in [9.17, 15) is 4.79 Å². The van der Waals surface area contributed by atoms with Crippen LogP contribution in [0, 0.1) is 5.92 Å². The summed E-state index contributed by atoms with van der Waals surface area (Å²) in [5.74, 6) is 0.504. The van der Waals surface area contributed by atoms with Crippen molar-refractivity contribution in [3.63, 3.8) is 0 Å². The molecule has 2 aliphatic rings. The topological polar surface area (TPSA) is 35.6 Å². The van der Waals surface area contributed by atoms with Crippen LogP contribution in [0.5, 0.6) is 0 Å². The van der Waals surface area contributed by atoms with Gasteiger partial charge in [0.2, 0.25) is 5.91 Å². The quantitative estimate of drug-likeness (QED) is 0.743. The highest BCUT2D eigenvalue weighted by Gasteiger charge is 2.24. The molecule has 1 amide bonds. The number of rotatable bonds is 3. The highest BCUT2D eigenvalue weighted by atomic mass is 16.2. The van der Waals surface area contributed by atoms with E-state index in [0.717, 1.165) is 32.7 Å². The third kappa shape index (κ3) is 2.95. The molecule has 4 nitrogen and oxygen atoms in total. The third-order valence-electron chi connectivity index (χ3n) is 3.58. The molecular weight excluding hydrogens is 202 g/mol. The first-order chi connectivity index (χ1) is 7.77. The van der Waals surface area contributed by atoms with Crippen LogP contribution in [0.4, 0.5) is 0 Å². The van der Waals surface area contributed by atoms with E-state index in [0.29, 0.717) is 5.91 Å². The number of nitrogens with one attached hydrogen (secondary N) is 1. The Kier molecular flexibility index (Phi) is 4.18. The molecule has 2 saturated heterocycles. The lowest BCUT2D eigenvalue weighted by atomic mass is 10.1. The lowest BCUT2D eigenvalue weighted by Crippen LogP contribution is -2.49. The van der Waals surface area contributed by atoms with Crippen LogP contribution in [0.15, 0.2) is 0 Å². The number of nitrogens with zero attached hydrogens (tertiary/aromatic N) is 2. The Bertz CT molecular complexity index is 232. The molecule has 2 rings (SSSR count). The van der Waals surface area contributed by atoms with Gasteiger partial charge >= 0.3 is 0 Å². The van der Waals surface area contributed by atoms with E-state index in [-0.39, 0.29) is 5.92 Å². The van der Waals surface area contributed by atoms with E-state index < -0.39 is 0 Å². The van der Waals surface area contributed by atoms with Gasteiger partial charge in [0.05, 0.1) is 0 Å². The summed E-state index contributed by atoms with van der Waals surface area (Å²) in [5.41, 5.74) is 0. The summed E-state index contributed by atoms with van der Waals surface area (Å²) >= 11 is 0. The van der Waals surface area contributed by atoms with Crippen molar-refractivity contribution in [1.29, 1.82) is 0 Å². The van der Waals surface area contributed by atoms with Crippen LogP contribution in [-0.2, 0) is 4.79 Å². The van der Waals surface area contributed by atoms with Crippen molar-refractivity contribution in [3.05, 3.63) is 0 Å². The monoisotopic (exact) mass is 225 g/mol. The summed E-state index contributed by atoms with van der Waals surface area (Å²) in [7, 11) is 0. The Morgan fingerprint density at radius 3 is 2.44 bits per heavy atom. The zero-order valence-corrected chi connectivity index (χ0v) is 10.2. The van der Waals surface area contributed by atoms with Gasteiger partial charge in [0.25, 0.3) is 0 Å². The molecule has 0 aromatic carbocycles. The second-order valence-corrected chi connectivity index (χ2v) is 4.98. The van der Waals surface area contributed by atoms with Gasteiger partial charge in [-0.2, -0.15) is 0 Å². The number of amides is 1. The first kappa shape index (κ1) is 11.9. The predicted molar refractivity (Wildman–Crippen MR) is 64.3 cm³/mol. The summed E-state index contributed by atoms with van der Waals surface area (Å²) in [5, 5.41) is 3.28. The maximum absolute atomic E-state index is 12.2. The van der Waals surface area contributed by atoms with Gasteiger partial charge in [-0.25, -0.2) is 0 Å². The fourth-order valence-electron chi connectivity index (χ4n) is 2.63. The molecule has 92 valence electrons. The van der Waals surface area contributed by atoms with Crippen molar-refractivity contribution in [2.45, 2.75) is 19.8 Å². The van der Waals surface area contributed by atoms with Crippen molar-refractivity contribution < 1.29 is 4.79 Å². The molecule has 1 atom stereocenters. The molecule has 0 aliphatic carbocycles. The second kappa shape index (κ2) is 5.64. The van der Waals surface area contributed by atoms with E-state index in [1.807, 2.05) is 4.90 Å². The third-order valence-corrected chi connectivity index (χ3v) is 3.58. The molecule has 0 spiro atoms. The van der Waals surface area contributed by atoms with Gasteiger partial charge in [-0.05, 0) is 25.9 Å². The number of hydrogen-bond acceptors (Lipinski definition) is 3. The number of carbonyl (C=O) groups excluding carboxylic acids is 1. The number of likely N-dealkylation sites (tertiary alicyclic amines) is 1. The minimum Gasteiger partial charge on any atom is -0.340 e. The molecule has 2 fully saturated rings. The Morgan fingerprint density at radius 2 is 1.81 bits per heavy atom. The Morgan fingerprint density at radius 1 is 1.19 bits per heavy atom. The Labute approximate surface area is 98.0 Å². The fraction of sp³-hybridized carbons (Fsp3) is 0.917. The molecule has 2 heterocycles. The highest BCUT2D eigenvalue weighted by Crippen LogP contribution is 2.12. The normalized spacial score (nSPS) is 24.7. The number of carbonyl (C=O) groups is 1. The van der Waals surface area contributed by atoms with Gasteiger partial charge in [-0.3, -0.25) is 4.79 Å². The van der Waals surface area contributed by atoms with Gasteiger partial charge in [-0.1, -0.05) is 6.92 Å². The van der Waals surface area contributed by atoms with Crippen molar-refractivity contribution >= 4 is 5.91 Å². The zero-order chi connectivity index (χ0) is 11.4. The molecule has 1 N–H and O–H groups in total. The van der Waals surface area contributed by atoms with Crippen molar-refractivity contribution in [2.24, 2.45) is 5.92 Å². The summed E-state index contributed by atoms with van der Waals surface area (Å²) in [4.78, 5) is 16.6. The van der Waals surface area contributed by atoms with E-state index in [4.69, 9.17) is 0 Å². The van der Waals surface area contributed by atoms with Crippen LogP contribution in [-0.4, -0.2) is 61.5 Å². The summed E-state index contributed by atoms with van der Waals surface area (Å²) in [6, 6.07) is 0. The molecule has 4 heteroatoms. The van der Waals surface area contributed by atoms with Crippen LogP contribution in [0.2, 0.25) is 0 Å². The second-order valence-electron chi connectivity index (χ2n) is 4.98. The molecule has 0 bridgehead atoms. The number of hydrogen-bond donors (Lipinski definition) is 1. The lowest BCUT2D eigenvalue weighted by Gasteiger charge is -2.31. The van der Waals surface area contributed by atoms with Crippen LogP contribution >= 0.6 is 0 Å². The van der Waals surface area contributed by atoms with Crippen molar-refractivity contribution in [1.82, 2.24) is 15.1 Å².